The summed E-state index contributed by atoms with van der Waals surface area (Å²) < 4.78 is 8.20. The first-order valence-electron chi connectivity index (χ1n) is 12.0. The Labute approximate surface area is 207 Å². The molecule has 3 rings (SSSR count). The molecule has 34 heavy (non-hydrogen) atoms. The fourth-order valence-electron chi connectivity index (χ4n) is 4.96. The summed E-state index contributed by atoms with van der Waals surface area (Å²) in [4.78, 5) is 27.3. The number of nitrogens with zero attached hydrogens (tertiary/aromatic N) is 2. The first kappa shape index (κ1) is 26.3. The van der Waals surface area contributed by atoms with E-state index in [0.29, 0.717) is 19.7 Å². The van der Waals surface area contributed by atoms with Gasteiger partial charge in [-0.05, 0) is 44.2 Å². The largest absolute Gasteiger partial charge is 0.374 e. The van der Waals surface area contributed by atoms with E-state index in [0.717, 1.165) is 31.4 Å². The summed E-state index contributed by atoms with van der Waals surface area (Å²) >= 11 is 1.77. The van der Waals surface area contributed by atoms with Crippen molar-refractivity contribution >= 4 is 23.8 Å². The second-order valence-corrected chi connectivity index (χ2v) is 9.79. The number of benzene rings is 1. The highest BCUT2D eigenvalue weighted by molar-refractivity contribution is 7.96. The number of nitrogens with two attached hydrogens (primary N) is 1. The molecular formula is C26H38N4O3S. The van der Waals surface area contributed by atoms with Gasteiger partial charge in [-0.3, -0.25) is 9.59 Å². The Morgan fingerprint density at radius 3 is 2.59 bits per heavy atom. The van der Waals surface area contributed by atoms with Crippen molar-refractivity contribution < 1.29 is 14.3 Å². The van der Waals surface area contributed by atoms with Crippen LogP contribution < -0.4 is 11.1 Å². The standard InChI is InChI=1S/C26H38N4O3S/c1-4-5-11-22-20(2)30(34-3)19-26(22)12-14-29(15-13-26)25(32)23(28-24(31)16-27)18-33-17-21-9-7-6-8-10-21/h4-10,23H,11-19,27H2,1-3H3,(H,28,31)/b5-4-/t23-/m1/s1. The highest BCUT2D eigenvalue weighted by Gasteiger charge is 2.45. The van der Waals surface area contributed by atoms with Crippen LogP contribution in [0.1, 0.15) is 38.7 Å². The Morgan fingerprint density at radius 1 is 1.26 bits per heavy atom. The van der Waals surface area contributed by atoms with Crippen LogP contribution in [-0.2, 0) is 20.9 Å². The fraction of sp³-hybridized carbons (Fsp3) is 0.538. The maximum absolute atomic E-state index is 13.4. The van der Waals surface area contributed by atoms with Crippen LogP contribution in [0, 0.1) is 5.41 Å². The minimum Gasteiger partial charge on any atom is -0.374 e. The minimum absolute atomic E-state index is 0.0971. The summed E-state index contributed by atoms with van der Waals surface area (Å²) in [5, 5.41) is 2.76. The first-order valence-corrected chi connectivity index (χ1v) is 13.1. The third kappa shape index (κ3) is 6.23. The van der Waals surface area contributed by atoms with Crippen LogP contribution in [0.5, 0.6) is 0 Å². The maximum atomic E-state index is 13.4. The molecule has 0 aromatic heterocycles. The Hall–Kier alpha value is -2.29. The van der Waals surface area contributed by atoms with Crippen molar-refractivity contribution in [1.29, 1.82) is 0 Å². The number of hydrogen-bond donors (Lipinski definition) is 2. The zero-order valence-electron chi connectivity index (χ0n) is 20.6. The van der Waals surface area contributed by atoms with Gasteiger partial charge >= 0.3 is 0 Å². The van der Waals surface area contributed by atoms with E-state index in [4.69, 9.17) is 10.5 Å². The second kappa shape index (κ2) is 12.4. The average Bonchev–Trinajstić information content (AvgIpc) is 3.12. The number of rotatable bonds is 10. The molecule has 0 saturated carbocycles. The van der Waals surface area contributed by atoms with Crippen molar-refractivity contribution in [2.24, 2.45) is 11.1 Å². The van der Waals surface area contributed by atoms with E-state index in [1.165, 1.54) is 11.3 Å². The maximum Gasteiger partial charge on any atom is 0.247 e. The van der Waals surface area contributed by atoms with E-state index in [-0.39, 0.29) is 30.4 Å². The zero-order chi connectivity index (χ0) is 24.6. The number of amides is 2. The molecule has 1 saturated heterocycles. The zero-order valence-corrected chi connectivity index (χ0v) is 21.4. The molecule has 2 heterocycles. The number of hydrogen-bond acceptors (Lipinski definition) is 6. The van der Waals surface area contributed by atoms with E-state index in [2.05, 4.69) is 41.9 Å². The molecule has 0 aliphatic carbocycles. The Kier molecular flexibility index (Phi) is 9.62. The number of allylic oxidation sites excluding steroid dienone is 3. The Morgan fingerprint density at radius 2 is 1.97 bits per heavy atom. The molecule has 0 bridgehead atoms. The smallest absolute Gasteiger partial charge is 0.247 e. The van der Waals surface area contributed by atoms with Crippen LogP contribution in [0.4, 0.5) is 0 Å². The molecule has 0 radical (unpaired) electrons. The van der Waals surface area contributed by atoms with Crippen molar-refractivity contribution in [3.8, 4) is 0 Å². The van der Waals surface area contributed by atoms with Gasteiger partial charge in [0.2, 0.25) is 11.8 Å². The van der Waals surface area contributed by atoms with Gasteiger partial charge in [0.25, 0.3) is 0 Å². The highest BCUT2D eigenvalue weighted by Crippen LogP contribution is 2.49. The normalized spacial score (nSPS) is 18.7. The van der Waals surface area contributed by atoms with Gasteiger partial charge in [-0.25, -0.2) is 0 Å². The lowest BCUT2D eigenvalue weighted by Crippen LogP contribution is -2.55. The summed E-state index contributed by atoms with van der Waals surface area (Å²) in [5.41, 5.74) is 9.47. The molecule has 2 aliphatic heterocycles. The first-order chi connectivity index (χ1) is 16.4. The molecule has 1 spiro atoms. The predicted octanol–water partition coefficient (Wildman–Crippen LogP) is 3.09. The van der Waals surface area contributed by atoms with Crippen molar-refractivity contribution in [2.75, 3.05) is 39.0 Å². The van der Waals surface area contributed by atoms with Crippen molar-refractivity contribution in [1.82, 2.24) is 14.5 Å². The topological polar surface area (TPSA) is 87.9 Å². The Balaban J connectivity index is 1.64. The number of piperidine rings is 1. The van der Waals surface area contributed by atoms with Crippen LogP contribution in [0.25, 0.3) is 0 Å². The van der Waals surface area contributed by atoms with Gasteiger partial charge in [-0.15, -0.1) is 0 Å². The van der Waals surface area contributed by atoms with Gasteiger partial charge < -0.3 is 25.0 Å². The number of carbonyl (C=O) groups is 2. The summed E-state index contributed by atoms with van der Waals surface area (Å²) in [6.45, 7) is 6.94. The van der Waals surface area contributed by atoms with Crippen molar-refractivity contribution in [3.05, 3.63) is 59.3 Å². The highest BCUT2D eigenvalue weighted by atomic mass is 32.2. The number of likely N-dealkylation sites (tertiary alicyclic amines) is 1. The third-order valence-electron chi connectivity index (χ3n) is 6.92. The Bertz CT molecular complexity index is 895. The molecule has 8 heteroatoms. The average molecular weight is 487 g/mol. The van der Waals surface area contributed by atoms with E-state index in [9.17, 15) is 9.59 Å². The fourth-order valence-corrected chi connectivity index (χ4v) is 5.72. The second-order valence-electron chi connectivity index (χ2n) is 8.99. The monoisotopic (exact) mass is 486 g/mol. The quantitative estimate of drug-likeness (QED) is 0.390. The molecule has 0 unspecified atom stereocenters. The molecule has 1 aromatic rings. The van der Waals surface area contributed by atoms with E-state index >= 15 is 0 Å². The molecular weight excluding hydrogens is 448 g/mol. The molecule has 186 valence electrons. The number of nitrogens with one attached hydrogen (secondary N) is 1. The van der Waals surface area contributed by atoms with Crippen LogP contribution in [0.15, 0.2) is 53.8 Å². The molecule has 1 atom stereocenters. The summed E-state index contributed by atoms with van der Waals surface area (Å²) in [5.74, 6) is -0.450. The van der Waals surface area contributed by atoms with Crippen LogP contribution in [-0.4, -0.2) is 66.1 Å². The van der Waals surface area contributed by atoms with Gasteiger partial charge in [0.05, 0.1) is 19.8 Å². The molecule has 1 fully saturated rings. The predicted molar refractivity (Wildman–Crippen MR) is 138 cm³/mol. The molecule has 2 amide bonds. The lowest BCUT2D eigenvalue weighted by molar-refractivity contribution is -0.139. The van der Waals surface area contributed by atoms with Crippen LogP contribution in [0.2, 0.25) is 0 Å². The van der Waals surface area contributed by atoms with Crippen LogP contribution in [0.3, 0.4) is 0 Å². The molecule has 7 nitrogen and oxygen atoms in total. The van der Waals surface area contributed by atoms with E-state index in [1.54, 1.807) is 11.9 Å². The van der Waals surface area contributed by atoms with Gasteiger partial charge in [-0.2, -0.15) is 0 Å². The van der Waals surface area contributed by atoms with Crippen molar-refractivity contribution in [3.63, 3.8) is 0 Å². The SMILES string of the molecule is C/C=C\CC1=C(C)N(SC)CC12CCN(C(=O)[C@@H](COCc1ccccc1)NC(=O)CN)CC2. The van der Waals surface area contributed by atoms with Crippen LogP contribution >= 0.6 is 11.9 Å². The lowest BCUT2D eigenvalue weighted by atomic mass is 9.72. The minimum atomic E-state index is -0.736. The molecule has 1 aromatic carbocycles. The summed E-state index contributed by atoms with van der Waals surface area (Å²) in [6.07, 6.45) is 9.24. The van der Waals surface area contributed by atoms with Crippen molar-refractivity contribution in [2.45, 2.75) is 45.8 Å². The number of carbonyl (C=O) groups excluding carboxylic acids is 2. The molecule has 3 N–H and O–H groups in total. The lowest BCUT2D eigenvalue weighted by Gasteiger charge is -2.42. The summed E-state index contributed by atoms with van der Waals surface area (Å²) in [7, 11) is 0. The number of ether oxygens (including phenoxy) is 1. The van der Waals surface area contributed by atoms with E-state index in [1.807, 2.05) is 35.2 Å². The van der Waals surface area contributed by atoms with Gasteiger partial charge in [-0.1, -0.05) is 54.4 Å². The van der Waals surface area contributed by atoms with Gasteiger partial charge in [0.15, 0.2) is 0 Å². The van der Waals surface area contributed by atoms with Gasteiger partial charge in [0, 0.05) is 37.0 Å². The third-order valence-corrected chi connectivity index (χ3v) is 7.77. The van der Waals surface area contributed by atoms with Gasteiger partial charge in [0.1, 0.15) is 6.04 Å². The van der Waals surface area contributed by atoms with E-state index < -0.39 is 6.04 Å². The summed E-state index contributed by atoms with van der Waals surface area (Å²) in [6, 6.07) is 9.05. The molecule has 2 aliphatic rings.